The van der Waals surface area contributed by atoms with Crippen LogP contribution in [-0.2, 0) is 23.5 Å². The zero-order valence-corrected chi connectivity index (χ0v) is 16.1. The second-order valence-corrected chi connectivity index (χ2v) is 9.08. The molecule has 1 aromatic carbocycles. The Bertz CT molecular complexity index is 884. The molecule has 142 valence electrons. The number of tetrazole rings is 1. The maximum atomic E-state index is 14.0. The number of aromatic nitrogens is 4. The third-order valence-electron chi connectivity index (χ3n) is 5.07. The van der Waals surface area contributed by atoms with Crippen molar-refractivity contribution in [2.75, 3.05) is 7.05 Å². The van der Waals surface area contributed by atoms with Crippen molar-refractivity contribution in [3.63, 3.8) is 0 Å². The zero-order chi connectivity index (χ0) is 18.9. The highest BCUT2D eigenvalue weighted by Crippen LogP contribution is 2.37. The maximum Gasteiger partial charge on any atom is 0.240 e. The lowest BCUT2D eigenvalue weighted by Crippen LogP contribution is -2.27. The fraction of sp³-hybridized carbons (Fsp3) is 0.588. The quantitative estimate of drug-likeness (QED) is 0.858. The van der Waals surface area contributed by atoms with Gasteiger partial charge in [-0.05, 0) is 74.9 Å². The Balaban J connectivity index is 1.94. The predicted molar refractivity (Wildman–Crippen MR) is 95.7 cm³/mol. The molecule has 0 amide bonds. The highest BCUT2D eigenvalue weighted by Gasteiger charge is 2.31. The number of hydrogen-bond acceptors (Lipinski definition) is 5. The van der Waals surface area contributed by atoms with Gasteiger partial charge in [0.25, 0.3) is 0 Å². The van der Waals surface area contributed by atoms with Crippen molar-refractivity contribution in [2.45, 2.75) is 49.6 Å². The van der Waals surface area contributed by atoms with Crippen LogP contribution < -0.4 is 4.72 Å². The van der Waals surface area contributed by atoms with Gasteiger partial charge in [-0.25, -0.2) is 17.5 Å². The van der Waals surface area contributed by atoms with Crippen LogP contribution in [0.5, 0.6) is 0 Å². The van der Waals surface area contributed by atoms with E-state index in [2.05, 4.69) is 20.1 Å². The fourth-order valence-electron chi connectivity index (χ4n) is 3.41. The molecule has 1 N–H and O–H groups in total. The Kier molecular flexibility index (Phi) is 5.12. The monoisotopic (exact) mass is 381 g/mol. The summed E-state index contributed by atoms with van der Waals surface area (Å²) in [6.07, 6.45) is 3.49. The van der Waals surface area contributed by atoms with Gasteiger partial charge >= 0.3 is 0 Å². The van der Waals surface area contributed by atoms with Gasteiger partial charge < -0.3 is 0 Å². The molecule has 7 nitrogen and oxygen atoms in total. The highest BCUT2D eigenvalue weighted by atomic mass is 32.2. The van der Waals surface area contributed by atoms with E-state index in [1.807, 2.05) is 0 Å². The van der Waals surface area contributed by atoms with Crippen LogP contribution in [0.15, 0.2) is 23.1 Å². The summed E-state index contributed by atoms with van der Waals surface area (Å²) in [5.74, 6) is 0.753. The largest absolute Gasteiger partial charge is 0.244 e. The zero-order valence-electron chi connectivity index (χ0n) is 15.2. The molecule has 0 aliphatic heterocycles. The van der Waals surface area contributed by atoms with Gasteiger partial charge in [0.1, 0.15) is 5.67 Å². The lowest BCUT2D eigenvalue weighted by molar-refractivity contribution is 0.103. The number of nitrogens with one attached hydrogen (secondary N) is 1. The molecule has 1 heterocycles. The molecule has 1 saturated carbocycles. The van der Waals surface area contributed by atoms with Crippen LogP contribution in [0.25, 0.3) is 11.4 Å². The number of halogens is 1. The summed E-state index contributed by atoms with van der Waals surface area (Å²) in [5.41, 5.74) is 0.541. The van der Waals surface area contributed by atoms with Crippen molar-refractivity contribution in [1.29, 1.82) is 0 Å². The summed E-state index contributed by atoms with van der Waals surface area (Å²) >= 11 is 0. The van der Waals surface area contributed by atoms with E-state index in [1.165, 1.54) is 11.8 Å². The summed E-state index contributed by atoms with van der Waals surface area (Å²) in [5, 5.41) is 12.1. The molecule has 1 aromatic heterocycles. The third-order valence-corrected chi connectivity index (χ3v) is 6.48. The minimum Gasteiger partial charge on any atom is -0.244 e. The number of alkyl halides is 1. The fourth-order valence-corrected chi connectivity index (χ4v) is 4.17. The second-order valence-electron chi connectivity index (χ2n) is 7.19. The van der Waals surface area contributed by atoms with E-state index in [1.54, 1.807) is 32.2 Å². The van der Waals surface area contributed by atoms with E-state index in [-0.39, 0.29) is 4.90 Å². The van der Waals surface area contributed by atoms with Gasteiger partial charge in [0, 0.05) is 5.56 Å². The standard InChI is InChI=1S/C17H24FN5O2S/c1-17(18)8-6-12(7-9-17)10-13-4-5-14(26(24,25)19-2)11-15(13)16-20-22-23(3)21-16/h4-5,11-12,19H,6-10H2,1-3H3. The Morgan fingerprint density at radius 3 is 2.62 bits per heavy atom. The number of sulfonamides is 1. The molecule has 0 bridgehead atoms. The first-order chi connectivity index (χ1) is 12.2. The van der Waals surface area contributed by atoms with Gasteiger partial charge in [0.2, 0.25) is 15.8 Å². The minimum absolute atomic E-state index is 0.159. The first-order valence-corrected chi connectivity index (χ1v) is 10.2. The van der Waals surface area contributed by atoms with Crippen LogP contribution in [0.1, 0.15) is 38.2 Å². The van der Waals surface area contributed by atoms with Gasteiger partial charge in [0.05, 0.1) is 11.9 Å². The lowest BCUT2D eigenvalue weighted by atomic mass is 9.78. The molecule has 1 aliphatic rings. The van der Waals surface area contributed by atoms with Gasteiger partial charge in [-0.2, -0.15) is 4.80 Å². The van der Waals surface area contributed by atoms with E-state index in [0.29, 0.717) is 30.1 Å². The topological polar surface area (TPSA) is 89.8 Å². The van der Waals surface area contributed by atoms with Crippen LogP contribution in [0.3, 0.4) is 0 Å². The smallest absolute Gasteiger partial charge is 0.240 e. The average molecular weight is 381 g/mol. The van der Waals surface area contributed by atoms with Gasteiger partial charge in [-0.3, -0.25) is 0 Å². The maximum absolute atomic E-state index is 14.0. The molecule has 0 radical (unpaired) electrons. The molecular weight excluding hydrogens is 357 g/mol. The van der Waals surface area contributed by atoms with Gasteiger partial charge in [-0.1, -0.05) is 6.07 Å². The first-order valence-electron chi connectivity index (χ1n) is 8.70. The van der Waals surface area contributed by atoms with Crippen LogP contribution >= 0.6 is 0 Å². The van der Waals surface area contributed by atoms with Gasteiger partial charge in [0.15, 0.2) is 0 Å². The second kappa shape index (κ2) is 7.03. The van der Waals surface area contributed by atoms with Crippen LogP contribution in [0.2, 0.25) is 0 Å². The van der Waals surface area contributed by atoms with E-state index < -0.39 is 15.7 Å². The number of aryl methyl sites for hydroxylation is 1. The molecular formula is C17H24FN5O2S. The molecule has 26 heavy (non-hydrogen) atoms. The SMILES string of the molecule is CNS(=O)(=O)c1ccc(CC2CCC(C)(F)CC2)c(-c2nnn(C)n2)c1. The Labute approximate surface area is 153 Å². The van der Waals surface area contributed by atoms with Crippen molar-refractivity contribution in [1.82, 2.24) is 24.9 Å². The number of nitrogens with zero attached hydrogens (tertiary/aromatic N) is 4. The van der Waals surface area contributed by atoms with Crippen LogP contribution in [-0.4, -0.2) is 41.3 Å². The molecule has 1 fully saturated rings. The summed E-state index contributed by atoms with van der Waals surface area (Å²) < 4.78 is 40.7. The molecule has 2 aromatic rings. The van der Waals surface area contributed by atoms with Crippen molar-refractivity contribution in [3.05, 3.63) is 23.8 Å². The number of hydrogen-bond donors (Lipinski definition) is 1. The molecule has 0 atom stereocenters. The summed E-state index contributed by atoms with van der Waals surface area (Å²) in [6.45, 7) is 1.66. The van der Waals surface area contributed by atoms with Crippen LogP contribution in [0, 0.1) is 5.92 Å². The van der Waals surface area contributed by atoms with E-state index in [0.717, 1.165) is 24.8 Å². The number of benzene rings is 1. The Morgan fingerprint density at radius 2 is 2.04 bits per heavy atom. The molecule has 0 unspecified atom stereocenters. The van der Waals surface area contributed by atoms with E-state index in [9.17, 15) is 12.8 Å². The summed E-state index contributed by atoms with van der Waals surface area (Å²) in [4.78, 5) is 1.50. The van der Waals surface area contributed by atoms with Crippen molar-refractivity contribution < 1.29 is 12.8 Å². The van der Waals surface area contributed by atoms with Crippen molar-refractivity contribution >= 4 is 10.0 Å². The number of rotatable bonds is 5. The molecule has 0 spiro atoms. The summed E-state index contributed by atoms with van der Waals surface area (Å²) in [6, 6.07) is 4.97. The predicted octanol–water partition coefficient (Wildman–Crippen LogP) is 2.25. The normalized spacial score (nSPS) is 23.9. The average Bonchev–Trinajstić information content (AvgIpc) is 3.03. The van der Waals surface area contributed by atoms with Crippen LogP contribution in [0.4, 0.5) is 4.39 Å². The third kappa shape index (κ3) is 4.09. The molecule has 9 heteroatoms. The van der Waals surface area contributed by atoms with Gasteiger partial charge in [-0.15, -0.1) is 10.2 Å². The molecule has 3 rings (SSSR count). The minimum atomic E-state index is -3.57. The first kappa shape index (κ1) is 18.9. The molecule has 1 aliphatic carbocycles. The Morgan fingerprint density at radius 1 is 1.35 bits per heavy atom. The molecule has 0 saturated heterocycles. The van der Waals surface area contributed by atoms with E-state index in [4.69, 9.17) is 0 Å². The highest BCUT2D eigenvalue weighted by molar-refractivity contribution is 7.89. The lowest BCUT2D eigenvalue weighted by Gasteiger charge is -2.31. The Hall–Kier alpha value is -1.87. The van der Waals surface area contributed by atoms with E-state index >= 15 is 0 Å². The van der Waals surface area contributed by atoms with Crippen molar-refractivity contribution in [2.24, 2.45) is 13.0 Å². The summed E-state index contributed by atoms with van der Waals surface area (Å²) in [7, 11) is -0.535. The van der Waals surface area contributed by atoms with Crippen molar-refractivity contribution in [3.8, 4) is 11.4 Å².